The van der Waals surface area contributed by atoms with Crippen molar-refractivity contribution in [1.29, 1.82) is 0 Å². The number of nitrogen functional groups attached to an aromatic ring is 1. The van der Waals surface area contributed by atoms with Crippen molar-refractivity contribution in [2.75, 3.05) is 11.1 Å². The van der Waals surface area contributed by atoms with Crippen LogP contribution in [0.4, 0.5) is 11.6 Å². The first kappa shape index (κ1) is 18.5. The van der Waals surface area contributed by atoms with Crippen LogP contribution in [-0.2, 0) is 16.0 Å². The number of nitrogens with zero attached hydrogens (tertiary/aromatic N) is 2. The van der Waals surface area contributed by atoms with Crippen LogP contribution in [-0.4, -0.2) is 27.0 Å². The highest BCUT2D eigenvalue weighted by molar-refractivity contribution is 5.95. The van der Waals surface area contributed by atoms with Crippen molar-refractivity contribution >= 4 is 23.5 Å². The predicted molar refractivity (Wildman–Crippen MR) is 96.8 cm³/mol. The van der Waals surface area contributed by atoms with Gasteiger partial charge in [0.25, 0.3) is 0 Å². The lowest BCUT2D eigenvalue weighted by Gasteiger charge is -2.20. The van der Waals surface area contributed by atoms with E-state index in [1.807, 2.05) is 6.92 Å². The monoisotopic (exact) mass is 344 g/mol. The highest BCUT2D eigenvalue weighted by atomic mass is 16.6. The van der Waals surface area contributed by atoms with Crippen LogP contribution < -0.4 is 11.1 Å². The summed E-state index contributed by atoms with van der Waals surface area (Å²) < 4.78 is 7.06. The minimum absolute atomic E-state index is 0.222. The van der Waals surface area contributed by atoms with E-state index >= 15 is 0 Å². The van der Waals surface area contributed by atoms with Crippen LogP contribution in [0.3, 0.4) is 0 Å². The number of aryl methyl sites for hydroxylation is 1. The number of nitrogens with one attached hydrogen (secondary N) is 1. The molecule has 0 saturated carbocycles. The summed E-state index contributed by atoms with van der Waals surface area (Å²) in [7, 11) is 0. The molecule has 0 bridgehead atoms. The highest BCUT2D eigenvalue weighted by Gasteiger charge is 2.20. The van der Waals surface area contributed by atoms with E-state index in [0.29, 0.717) is 16.9 Å². The van der Waals surface area contributed by atoms with Gasteiger partial charge >= 0.3 is 5.97 Å². The summed E-state index contributed by atoms with van der Waals surface area (Å²) in [6, 6.07) is 4.90. The number of hydrogen-bond acceptors (Lipinski definition) is 5. The Balaban J connectivity index is 2.53. The van der Waals surface area contributed by atoms with E-state index in [4.69, 9.17) is 10.5 Å². The summed E-state index contributed by atoms with van der Waals surface area (Å²) in [4.78, 5) is 28.1. The average Bonchev–Trinajstić information content (AvgIpc) is 2.86. The Morgan fingerprint density at radius 2 is 2.00 bits per heavy atom. The molecule has 1 aromatic heterocycles. The van der Waals surface area contributed by atoms with Crippen LogP contribution in [0.25, 0.3) is 5.69 Å². The topological polar surface area (TPSA) is 99.2 Å². The number of benzene rings is 1. The summed E-state index contributed by atoms with van der Waals surface area (Å²) in [5, 5.41) is 2.75. The van der Waals surface area contributed by atoms with Crippen molar-refractivity contribution in [3.8, 4) is 5.69 Å². The minimum Gasteiger partial charge on any atom is -0.456 e. The third-order valence-corrected chi connectivity index (χ3v) is 3.35. The van der Waals surface area contributed by atoms with Crippen LogP contribution >= 0.6 is 0 Å². The second kappa shape index (κ2) is 6.96. The Morgan fingerprint density at radius 1 is 1.32 bits per heavy atom. The number of amides is 1. The molecule has 0 unspecified atom stereocenters. The van der Waals surface area contributed by atoms with Crippen molar-refractivity contribution in [3.63, 3.8) is 0 Å². The smallest absolute Gasteiger partial charge is 0.338 e. The Bertz CT molecular complexity index is 803. The third kappa shape index (κ3) is 4.59. The molecular formula is C18H24N4O3. The summed E-state index contributed by atoms with van der Waals surface area (Å²) in [6.45, 7) is 8.80. The van der Waals surface area contributed by atoms with E-state index in [1.54, 1.807) is 49.7 Å². The Kier molecular flexibility index (Phi) is 5.15. The van der Waals surface area contributed by atoms with Crippen molar-refractivity contribution in [3.05, 3.63) is 35.7 Å². The number of imidazole rings is 1. The van der Waals surface area contributed by atoms with Crippen LogP contribution in [0.2, 0.25) is 0 Å². The lowest BCUT2D eigenvalue weighted by molar-refractivity contribution is -0.114. The molecule has 1 heterocycles. The maximum absolute atomic E-state index is 12.4. The molecule has 25 heavy (non-hydrogen) atoms. The van der Waals surface area contributed by atoms with Gasteiger partial charge in [0.2, 0.25) is 11.9 Å². The molecule has 7 nitrogen and oxygen atoms in total. The summed E-state index contributed by atoms with van der Waals surface area (Å²) >= 11 is 0. The van der Waals surface area contributed by atoms with Gasteiger partial charge in [0, 0.05) is 13.1 Å². The molecule has 0 fully saturated rings. The highest BCUT2D eigenvalue weighted by Crippen LogP contribution is 2.26. The van der Waals surface area contributed by atoms with Crippen LogP contribution in [0.5, 0.6) is 0 Å². The zero-order valence-electron chi connectivity index (χ0n) is 15.2. The molecule has 0 spiro atoms. The fraction of sp³-hybridized carbons (Fsp3) is 0.389. The van der Waals surface area contributed by atoms with Crippen LogP contribution in [0.15, 0.2) is 24.4 Å². The largest absolute Gasteiger partial charge is 0.456 e. The van der Waals surface area contributed by atoms with Gasteiger partial charge in [0.15, 0.2) is 0 Å². The van der Waals surface area contributed by atoms with Crippen molar-refractivity contribution in [1.82, 2.24) is 9.55 Å². The summed E-state index contributed by atoms with van der Waals surface area (Å²) in [5.74, 6) is -0.386. The van der Waals surface area contributed by atoms with Gasteiger partial charge in [-0.3, -0.25) is 9.36 Å². The van der Waals surface area contributed by atoms with Crippen LogP contribution in [0, 0.1) is 0 Å². The molecule has 7 heteroatoms. The van der Waals surface area contributed by atoms with Gasteiger partial charge in [-0.05, 0) is 45.4 Å². The lowest BCUT2D eigenvalue weighted by atomic mass is 10.1. The van der Waals surface area contributed by atoms with E-state index in [9.17, 15) is 9.59 Å². The number of carbonyl (C=O) groups is 2. The molecule has 2 aromatic rings. The fourth-order valence-electron chi connectivity index (χ4n) is 2.30. The standard InChI is InChI=1S/C18H24N4O3/c1-6-13-10-22(17(19)21-13)15-9-12(16(24)25-18(3,4)5)7-8-14(15)20-11(2)23/h7-10H,6H2,1-5H3,(H2,19,21)(H,20,23). The molecule has 0 radical (unpaired) electrons. The fourth-order valence-corrected chi connectivity index (χ4v) is 2.30. The molecule has 0 saturated heterocycles. The Labute approximate surface area is 147 Å². The molecular weight excluding hydrogens is 320 g/mol. The van der Waals surface area contributed by atoms with Gasteiger partial charge in [-0.2, -0.15) is 0 Å². The zero-order chi connectivity index (χ0) is 18.8. The van der Waals surface area contributed by atoms with Crippen molar-refractivity contribution in [2.24, 2.45) is 0 Å². The molecule has 0 aliphatic heterocycles. The van der Waals surface area contributed by atoms with E-state index in [0.717, 1.165) is 12.1 Å². The molecule has 134 valence electrons. The molecule has 0 atom stereocenters. The van der Waals surface area contributed by atoms with Gasteiger partial charge in [-0.25, -0.2) is 9.78 Å². The van der Waals surface area contributed by atoms with E-state index in [1.165, 1.54) is 6.92 Å². The number of aromatic nitrogens is 2. The molecule has 1 amide bonds. The molecule has 0 aliphatic carbocycles. The first-order valence-corrected chi connectivity index (χ1v) is 8.10. The number of carbonyl (C=O) groups excluding carboxylic acids is 2. The van der Waals surface area contributed by atoms with Crippen molar-refractivity contribution in [2.45, 2.75) is 46.6 Å². The molecule has 0 aliphatic rings. The van der Waals surface area contributed by atoms with Gasteiger partial charge in [0.05, 0.1) is 22.6 Å². The Morgan fingerprint density at radius 3 is 2.52 bits per heavy atom. The van der Waals surface area contributed by atoms with Crippen LogP contribution in [0.1, 0.15) is 50.7 Å². The lowest BCUT2D eigenvalue weighted by Crippen LogP contribution is -2.24. The number of rotatable bonds is 4. The van der Waals surface area contributed by atoms with Gasteiger partial charge in [-0.15, -0.1) is 0 Å². The summed E-state index contributed by atoms with van der Waals surface area (Å²) in [5.41, 5.74) is 7.67. The number of esters is 1. The first-order valence-electron chi connectivity index (χ1n) is 8.10. The molecule has 2 rings (SSSR count). The second-order valence-corrected chi connectivity index (χ2v) is 6.73. The average molecular weight is 344 g/mol. The van der Waals surface area contributed by atoms with Crippen molar-refractivity contribution < 1.29 is 14.3 Å². The number of ether oxygens (including phenoxy) is 1. The predicted octanol–water partition coefficient (Wildman–Crippen LogP) is 2.93. The normalized spacial score (nSPS) is 11.2. The molecule has 1 aromatic carbocycles. The third-order valence-electron chi connectivity index (χ3n) is 3.35. The van der Waals surface area contributed by atoms with E-state index in [-0.39, 0.29) is 11.9 Å². The quantitative estimate of drug-likeness (QED) is 0.831. The van der Waals surface area contributed by atoms with Gasteiger partial charge in [-0.1, -0.05) is 6.92 Å². The SMILES string of the molecule is CCc1cn(-c2cc(C(=O)OC(C)(C)C)ccc2NC(C)=O)c(N)n1. The zero-order valence-corrected chi connectivity index (χ0v) is 15.2. The van der Waals surface area contributed by atoms with Gasteiger partial charge < -0.3 is 15.8 Å². The maximum Gasteiger partial charge on any atom is 0.338 e. The van der Waals surface area contributed by atoms with Gasteiger partial charge in [0.1, 0.15) is 5.60 Å². The summed E-state index contributed by atoms with van der Waals surface area (Å²) in [6.07, 6.45) is 2.51. The second-order valence-electron chi connectivity index (χ2n) is 6.73. The minimum atomic E-state index is -0.600. The van der Waals surface area contributed by atoms with E-state index < -0.39 is 11.6 Å². The number of hydrogen-bond donors (Lipinski definition) is 2. The number of anilines is 2. The molecule has 3 N–H and O–H groups in total. The first-order chi connectivity index (χ1) is 11.6. The number of nitrogens with two attached hydrogens (primary N) is 1. The maximum atomic E-state index is 12.4. The Hall–Kier alpha value is -2.83. The van der Waals surface area contributed by atoms with E-state index in [2.05, 4.69) is 10.3 Å².